The Balaban J connectivity index is 1.65. The van der Waals surface area contributed by atoms with Crippen molar-refractivity contribution in [2.24, 2.45) is 0 Å². The van der Waals surface area contributed by atoms with E-state index in [1.165, 1.54) is 0 Å². The molecular weight excluding hydrogens is 390 g/mol. The van der Waals surface area contributed by atoms with Gasteiger partial charge in [0.05, 0.1) is 11.4 Å². The zero-order valence-corrected chi connectivity index (χ0v) is 16.9. The van der Waals surface area contributed by atoms with Gasteiger partial charge in [-0.15, -0.1) is 0 Å². The van der Waals surface area contributed by atoms with Crippen molar-refractivity contribution in [1.29, 1.82) is 0 Å². The van der Waals surface area contributed by atoms with Crippen molar-refractivity contribution in [3.8, 4) is 11.3 Å². The van der Waals surface area contributed by atoms with Gasteiger partial charge >= 0.3 is 0 Å². The minimum atomic E-state index is -3.35. The standard InChI is InChI=1S/C20H23N5O3S/c1-2-3-12-29(27,28)24-15-6-4-14(5-7-15)18-17-10-11-21-19(17)23-20(22-18)25(13-26)16-8-9-16/h4-7,10-11,13,16,24H,2-3,8-9,12H2,1H3,(H,21,22,23). The minimum absolute atomic E-state index is 0.104. The van der Waals surface area contributed by atoms with Crippen LogP contribution in [0.2, 0.25) is 0 Å². The Kier molecular flexibility index (Phi) is 5.23. The highest BCUT2D eigenvalue weighted by Crippen LogP contribution is 2.33. The fourth-order valence-corrected chi connectivity index (χ4v) is 4.44. The molecular formula is C20H23N5O3S. The van der Waals surface area contributed by atoms with Crippen LogP contribution in [-0.2, 0) is 14.8 Å². The highest BCUT2D eigenvalue weighted by Gasteiger charge is 2.31. The normalized spacial score (nSPS) is 14.1. The van der Waals surface area contributed by atoms with E-state index >= 15 is 0 Å². The molecule has 1 aliphatic carbocycles. The maximum absolute atomic E-state index is 12.1. The van der Waals surface area contributed by atoms with E-state index in [9.17, 15) is 13.2 Å². The molecule has 9 heteroatoms. The van der Waals surface area contributed by atoms with Crippen LogP contribution < -0.4 is 9.62 Å². The monoisotopic (exact) mass is 413 g/mol. The quantitative estimate of drug-likeness (QED) is 0.523. The van der Waals surface area contributed by atoms with Gasteiger partial charge < -0.3 is 4.98 Å². The average Bonchev–Trinajstić information content (AvgIpc) is 3.42. The van der Waals surface area contributed by atoms with E-state index in [0.717, 1.165) is 36.6 Å². The first kappa shape index (κ1) is 19.4. The molecule has 1 saturated carbocycles. The molecule has 0 atom stereocenters. The molecule has 0 bridgehead atoms. The second-order valence-corrected chi connectivity index (χ2v) is 9.05. The number of carbonyl (C=O) groups excluding carboxylic acids is 1. The molecule has 1 aliphatic rings. The molecule has 152 valence electrons. The molecule has 1 aromatic carbocycles. The van der Waals surface area contributed by atoms with Gasteiger partial charge in [0.1, 0.15) is 5.65 Å². The van der Waals surface area contributed by atoms with Gasteiger partial charge in [-0.25, -0.2) is 13.4 Å². The fourth-order valence-electron chi connectivity index (χ4n) is 3.18. The van der Waals surface area contributed by atoms with E-state index in [2.05, 4.69) is 19.7 Å². The van der Waals surface area contributed by atoms with Gasteiger partial charge in [0.15, 0.2) is 0 Å². The van der Waals surface area contributed by atoms with Crippen molar-refractivity contribution in [1.82, 2.24) is 15.0 Å². The average molecular weight is 414 g/mol. The molecule has 29 heavy (non-hydrogen) atoms. The van der Waals surface area contributed by atoms with E-state index in [1.807, 2.05) is 25.1 Å². The van der Waals surface area contributed by atoms with Crippen LogP contribution in [0.1, 0.15) is 32.6 Å². The zero-order valence-electron chi connectivity index (χ0n) is 16.1. The van der Waals surface area contributed by atoms with Crippen LogP contribution in [0.5, 0.6) is 0 Å². The second kappa shape index (κ2) is 7.82. The number of sulfonamides is 1. The van der Waals surface area contributed by atoms with E-state index in [1.54, 1.807) is 23.2 Å². The highest BCUT2D eigenvalue weighted by molar-refractivity contribution is 7.92. The van der Waals surface area contributed by atoms with Gasteiger partial charge in [0.25, 0.3) is 0 Å². The number of amides is 1. The van der Waals surface area contributed by atoms with Crippen molar-refractivity contribution in [3.63, 3.8) is 0 Å². The number of unbranched alkanes of at least 4 members (excludes halogenated alkanes) is 1. The number of hydrogen-bond donors (Lipinski definition) is 2. The van der Waals surface area contributed by atoms with Crippen molar-refractivity contribution < 1.29 is 13.2 Å². The van der Waals surface area contributed by atoms with Crippen LogP contribution in [0.3, 0.4) is 0 Å². The first-order chi connectivity index (χ1) is 14.0. The Bertz CT molecular complexity index is 1120. The number of nitrogens with zero attached hydrogens (tertiary/aromatic N) is 3. The van der Waals surface area contributed by atoms with Gasteiger partial charge in [0.2, 0.25) is 22.4 Å². The third kappa shape index (κ3) is 4.24. The molecule has 2 N–H and O–H groups in total. The van der Waals surface area contributed by atoms with Crippen molar-refractivity contribution >= 4 is 39.1 Å². The Morgan fingerprint density at radius 3 is 2.62 bits per heavy atom. The molecule has 3 aromatic rings. The smallest absolute Gasteiger partial charge is 0.234 e. The SMILES string of the molecule is CCCCS(=O)(=O)Nc1ccc(-c2nc(N(C=O)C3CC3)nc3[nH]ccc23)cc1. The predicted octanol–water partition coefficient (Wildman–Crippen LogP) is 3.29. The van der Waals surface area contributed by atoms with Gasteiger partial charge in [-0.05, 0) is 37.5 Å². The molecule has 2 aromatic heterocycles. The lowest BCUT2D eigenvalue weighted by molar-refractivity contribution is -0.107. The van der Waals surface area contributed by atoms with Gasteiger partial charge in [-0.3, -0.25) is 14.4 Å². The number of H-pyrrole nitrogens is 1. The van der Waals surface area contributed by atoms with Gasteiger partial charge in [-0.2, -0.15) is 4.98 Å². The lowest BCUT2D eigenvalue weighted by Crippen LogP contribution is -2.25. The maximum Gasteiger partial charge on any atom is 0.234 e. The Labute approximate surface area is 169 Å². The molecule has 0 spiro atoms. The number of benzene rings is 1. The number of fused-ring (bicyclic) bond motifs is 1. The number of nitrogens with one attached hydrogen (secondary N) is 2. The number of aromatic amines is 1. The van der Waals surface area contributed by atoms with Crippen LogP contribution in [0.4, 0.5) is 11.6 Å². The lowest BCUT2D eigenvalue weighted by Gasteiger charge is -2.16. The van der Waals surface area contributed by atoms with Gasteiger partial charge in [0, 0.05) is 28.9 Å². The summed E-state index contributed by atoms with van der Waals surface area (Å²) in [7, 11) is -3.35. The maximum atomic E-state index is 12.1. The first-order valence-corrected chi connectivity index (χ1v) is 11.4. The summed E-state index contributed by atoms with van der Waals surface area (Å²) in [6.45, 7) is 1.96. The topological polar surface area (TPSA) is 108 Å². The number of carbonyl (C=O) groups is 1. The summed E-state index contributed by atoms with van der Waals surface area (Å²) in [4.78, 5) is 25.3. The van der Waals surface area contributed by atoms with Crippen molar-refractivity contribution in [3.05, 3.63) is 36.5 Å². The van der Waals surface area contributed by atoms with Gasteiger partial charge in [-0.1, -0.05) is 25.5 Å². The zero-order chi connectivity index (χ0) is 20.4. The summed E-state index contributed by atoms with van der Waals surface area (Å²) < 4.78 is 26.8. The number of anilines is 2. The molecule has 4 rings (SSSR count). The third-order valence-electron chi connectivity index (χ3n) is 4.89. The van der Waals surface area contributed by atoms with Crippen LogP contribution in [0.15, 0.2) is 36.5 Å². The molecule has 1 amide bonds. The van der Waals surface area contributed by atoms with E-state index in [0.29, 0.717) is 29.4 Å². The predicted molar refractivity (Wildman–Crippen MR) is 113 cm³/mol. The number of rotatable bonds is 9. The molecule has 8 nitrogen and oxygen atoms in total. The number of aromatic nitrogens is 3. The summed E-state index contributed by atoms with van der Waals surface area (Å²) in [5, 5.41) is 0.840. The van der Waals surface area contributed by atoms with Crippen LogP contribution in [0.25, 0.3) is 22.3 Å². The lowest BCUT2D eigenvalue weighted by atomic mass is 10.1. The number of hydrogen-bond acceptors (Lipinski definition) is 5. The van der Waals surface area contributed by atoms with E-state index in [-0.39, 0.29) is 11.8 Å². The summed E-state index contributed by atoms with van der Waals surface area (Å²) in [5.74, 6) is 0.476. The summed E-state index contributed by atoms with van der Waals surface area (Å²) >= 11 is 0. The van der Waals surface area contributed by atoms with E-state index in [4.69, 9.17) is 0 Å². The largest absolute Gasteiger partial charge is 0.346 e. The summed E-state index contributed by atoms with van der Waals surface area (Å²) in [6, 6.07) is 9.12. The molecule has 2 heterocycles. The van der Waals surface area contributed by atoms with Crippen LogP contribution in [0, 0.1) is 0 Å². The second-order valence-electron chi connectivity index (χ2n) is 7.21. The Hall–Kier alpha value is -2.94. The Morgan fingerprint density at radius 2 is 1.97 bits per heavy atom. The molecule has 0 unspecified atom stereocenters. The molecule has 0 saturated heterocycles. The van der Waals surface area contributed by atoms with E-state index < -0.39 is 10.0 Å². The fraction of sp³-hybridized carbons (Fsp3) is 0.350. The van der Waals surface area contributed by atoms with Crippen LogP contribution >= 0.6 is 0 Å². The highest BCUT2D eigenvalue weighted by atomic mass is 32.2. The molecule has 0 aliphatic heterocycles. The molecule has 1 fully saturated rings. The minimum Gasteiger partial charge on any atom is -0.346 e. The Morgan fingerprint density at radius 1 is 1.21 bits per heavy atom. The van der Waals surface area contributed by atoms with Crippen molar-refractivity contribution in [2.75, 3.05) is 15.4 Å². The summed E-state index contributed by atoms with van der Waals surface area (Å²) in [6.07, 6.45) is 5.91. The first-order valence-electron chi connectivity index (χ1n) is 9.70. The summed E-state index contributed by atoms with van der Waals surface area (Å²) in [5.41, 5.74) is 2.68. The van der Waals surface area contributed by atoms with Crippen LogP contribution in [-0.4, -0.2) is 41.6 Å². The third-order valence-corrected chi connectivity index (χ3v) is 6.26. The van der Waals surface area contributed by atoms with Crippen molar-refractivity contribution in [2.45, 2.75) is 38.6 Å². The molecule has 0 radical (unpaired) electrons.